The number of hydrogen-bond acceptors (Lipinski definition) is 4. The van der Waals surface area contributed by atoms with E-state index in [-0.39, 0.29) is 5.60 Å². The second kappa shape index (κ2) is 9.44. The standard InChI is InChI=1S/C17H32O4/c1-5-8-12-18-13-9-10-16(4)15-17(19-6-2,20-7-3)11-14-21-16/h8,12H,5-7,9-11,13-15H2,1-4H3. The van der Waals surface area contributed by atoms with Crippen LogP contribution in [-0.4, -0.2) is 37.8 Å². The van der Waals surface area contributed by atoms with Gasteiger partial charge in [0.1, 0.15) is 0 Å². The quantitative estimate of drug-likeness (QED) is 0.346. The van der Waals surface area contributed by atoms with Gasteiger partial charge in [0.25, 0.3) is 0 Å². The minimum absolute atomic E-state index is 0.194. The Labute approximate surface area is 129 Å². The molecule has 1 unspecified atom stereocenters. The monoisotopic (exact) mass is 300 g/mol. The van der Waals surface area contributed by atoms with Crippen molar-refractivity contribution in [2.45, 2.75) is 71.2 Å². The third-order valence-electron chi connectivity index (χ3n) is 3.79. The van der Waals surface area contributed by atoms with Crippen LogP contribution in [-0.2, 0) is 18.9 Å². The van der Waals surface area contributed by atoms with E-state index in [2.05, 4.69) is 13.8 Å². The average molecular weight is 300 g/mol. The predicted molar refractivity (Wildman–Crippen MR) is 84.2 cm³/mol. The summed E-state index contributed by atoms with van der Waals surface area (Å²) in [6.45, 7) is 11.0. The fourth-order valence-corrected chi connectivity index (χ4v) is 2.90. The lowest BCUT2D eigenvalue weighted by atomic mass is 9.87. The van der Waals surface area contributed by atoms with Gasteiger partial charge in [-0.3, -0.25) is 0 Å². The fourth-order valence-electron chi connectivity index (χ4n) is 2.90. The highest BCUT2D eigenvalue weighted by Crippen LogP contribution is 2.38. The summed E-state index contributed by atoms with van der Waals surface area (Å²) in [6.07, 6.45) is 8.33. The van der Waals surface area contributed by atoms with Crippen LogP contribution in [0, 0.1) is 0 Å². The van der Waals surface area contributed by atoms with Gasteiger partial charge < -0.3 is 18.9 Å². The van der Waals surface area contributed by atoms with Gasteiger partial charge in [0.15, 0.2) is 5.79 Å². The van der Waals surface area contributed by atoms with Crippen LogP contribution in [0.5, 0.6) is 0 Å². The molecule has 4 heteroatoms. The van der Waals surface area contributed by atoms with Crippen LogP contribution < -0.4 is 0 Å². The molecule has 1 rings (SSSR count). The molecule has 1 heterocycles. The lowest BCUT2D eigenvalue weighted by molar-refractivity contribution is -0.294. The van der Waals surface area contributed by atoms with E-state index in [4.69, 9.17) is 18.9 Å². The summed E-state index contributed by atoms with van der Waals surface area (Å²) >= 11 is 0. The van der Waals surface area contributed by atoms with Crippen molar-refractivity contribution >= 4 is 0 Å². The zero-order valence-electron chi connectivity index (χ0n) is 14.2. The number of allylic oxidation sites excluding steroid dienone is 1. The molecule has 1 aliphatic heterocycles. The van der Waals surface area contributed by atoms with Crippen LogP contribution >= 0.6 is 0 Å². The molecule has 1 aliphatic rings. The van der Waals surface area contributed by atoms with E-state index in [9.17, 15) is 0 Å². The summed E-state index contributed by atoms with van der Waals surface area (Å²) in [5, 5.41) is 0. The summed E-state index contributed by atoms with van der Waals surface area (Å²) in [5.74, 6) is -0.473. The highest BCUT2D eigenvalue weighted by molar-refractivity contribution is 4.89. The first-order chi connectivity index (χ1) is 10.1. The molecule has 124 valence electrons. The van der Waals surface area contributed by atoms with Gasteiger partial charge in [-0.1, -0.05) is 13.0 Å². The smallest absolute Gasteiger partial charge is 0.173 e. The number of hydrogen-bond donors (Lipinski definition) is 0. The lowest BCUT2D eigenvalue weighted by Gasteiger charge is -2.45. The summed E-state index contributed by atoms with van der Waals surface area (Å²) in [4.78, 5) is 0. The molecule has 4 nitrogen and oxygen atoms in total. The Morgan fingerprint density at radius 3 is 2.48 bits per heavy atom. The molecule has 0 saturated carbocycles. The minimum Gasteiger partial charge on any atom is -0.502 e. The third kappa shape index (κ3) is 6.37. The van der Waals surface area contributed by atoms with E-state index in [1.165, 1.54) is 0 Å². The Hall–Kier alpha value is -0.580. The second-order valence-corrected chi connectivity index (χ2v) is 5.76. The molecule has 0 aromatic carbocycles. The van der Waals surface area contributed by atoms with Gasteiger partial charge in [0.2, 0.25) is 0 Å². The Kier molecular flexibility index (Phi) is 8.30. The molecule has 1 fully saturated rings. The first-order valence-corrected chi connectivity index (χ1v) is 8.28. The maximum atomic E-state index is 6.01. The van der Waals surface area contributed by atoms with Crippen LogP contribution in [0.4, 0.5) is 0 Å². The van der Waals surface area contributed by atoms with Crippen molar-refractivity contribution in [3.8, 4) is 0 Å². The molecular formula is C17H32O4. The van der Waals surface area contributed by atoms with Crippen LogP contribution in [0.3, 0.4) is 0 Å². The lowest BCUT2D eigenvalue weighted by Crippen LogP contribution is -2.50. The van der Waals surface area contributed by atoms with Gasteiger partial charge in [0.05, 0.1) is 25.1 Å². The van der Waals surface area contributed by atoms with Gasteiger partial charge in [-0.2, -0.15) is 0 Å². The topological polar surface area (TPSA) is 36.9 Å². The van der Waals surface area contributed by atoms with Gasteiger partial charge in [-0.15, -0.1) is 0 Å². The molecule has 0 spiro atoms. The van der Waals surface area contributed by atoms with Crippen molar-refractivity contribution in [2.24, 2.45) is 0 Å². The van der Waals surface area contributed by atoms with E-state index >= 15 is 0 Å². The first kappa shape index (κ1) is 18.5. The summed E-state index contributed by atoms with van der Waals surface area (Å²) < 4.78 is 23.3. The maximum Gasteiger partial charge on any atom is 0.173 e. The van der Waals surface area contributed by atoms with Crippen molar-refractivity contribution in [3.63, 3.8) is 0 Å². The highest BCUT2D eigenvalue weighted by atomic mass is 16.7. The Bertz CT molecular complexity index is 292. The zero-order valence-corrected chi connectivity index (χ0v) is 14.2. The van der Waals surface area contributed by atoms with Crippen LogP contribution in [0.15, 0.2) is 12.3 Å². The van der Waals surface area contributed by atoms with Crippen LogP contribution in [0.25, 0.3) is 0 Å². The SMILES string of the molecule is CCC=COCCCC1(C)CC(OCC)(OCC)CCO1. The van der Waals surface area contributed by atoms with Crippen molar-refractivity contribution in [2.75, 3.05) is 26.4 Å². The molecule has 0 aromatic heterocycles. The summed E-state index contributed by atoms with van der Waals surface area (Å²) in [5.41, 5.74) is -0.194. The van der Waals surface area contributed by atoms with Crippen LogP contribution in [0.1, 0.15) is 59.8 Å². The van der Waals surface area contributed by atoms with E-state index in [0.717, 1.165) is 38.7 Å². The molecule has 0 amide bonds. The van der Waals surface area contributed by atoms with E-state index in [0.29, 0.717) is 19.8 Å². The van der Waals surface area contributed by atoms with Crippen molar-refractivity contribution < 1.29 is 18.9 Å². The van der Waals surface area contributed by atoms with Gasteiger partial charge in [-0.25, -0.2) is 0 Å². The molecule has 0 radical (unpaired) electrons. The molecular weight excluding hydrogens is 268 g/mol. The number of rotatable bonds is 10. The number of ether oxygens (including phenoxy) is 4. The Morgan fingerprint density at radius 1 is 1.14 bits per heavy atom. The van der Waals surface area contributed by atoms with Gasteiger partial charge in [-0.05, 0) is 40.0 Å². The van der Waals surface area contributed by atoms with Crippen molar-refractivity contribution in [3.05, 3.63) is 12.3 Å². The van der Waals surface area contributed by atoms with E-state index in [1.54, 1.807) is 6.26 Å². The van der Waals surface area contributed by atoms with Crippen molar-refractivity contribution in [1.29, 1.82) is 0 Å². The second-order valence-electron chi connectivity index (χ2n) is 5.76. The average Bonchev–Trinajstić information content (AvgIpc) is 2.43. The first-order valence-electron chi connectivity index (χ1n) is 8.28. The predicted octanol–water partition coefficient (Wildman–Crippen LogP) is 4.05. The highest BCUT2D eigenvalue weighted by Gasteiger charge is 2.44. The molecule has 21 heavy (non-hydrogen) atoms. The van der Waals surface area contributed by atoms with E-state index in [1.807, 2.05) is 19.9 Å². The largest absolute Gasteiger partial charge is 0.502 e. The minimum atomic E-state index is -0.473. The summed E-state index contributed by atoms with van der Waals surface area (Å²) in [7, 11) is 0. The molecule has 0 bridgehead atoms. The third-order valence-corrected chi connectivity index (χ3v) is 3.79. The Morgan fingerprint density at radius 2 is 1.86 bits per heavy atom. The molecule has 0 N–H and O–H groups in total. The summed E-state index contributed by atoms with van der Waals surface area (Å²) in [6, 6.07) is 0. The van der Waals surface area contributed by atoms with Gasteiger partial charge >= 0.3 is 0 Å². The van der Waals surface area contributed by atoms with Gasteiger partial charge in [0, 0.05) is 26.1 Å². The molecule has 0 aromatic rings. The molecule has 0 aliphatic carbocycles. The molecule has 1 atom stereocenters. The zero-order chi connectivity index (χ0) is 15.6. The van der Waals surface area contributed by atoms with Crippen molar-refractivity contribution in [1.82, 2.24) is 0 Å². The Balaban J connectivity index is 2.45. The van der Waals surface area contributed by atoms with E-state index < -0.39 is 5.79 Å². The van der Waals surface area contributed by atoms with Crippen LogP contribution in [0.2, 0.25) is 0 Å². The maximum absolute atomic E-state index is 6.01. The normalized spacial score (nSPS) is 25.3. The fraction of sp³-hybridized carbons (Fsp3) is 0.882. The molecule has 1 saturated heterocycles.